The van der Waals surface area contributed by atoms with Crippen molar-refractivity contribution in [3.8, 4) is 0 Å². The molecule has 1 saturated heterocycles. The summed E-state index contributed by atoms with van der Waals surface area (Å²) in [7, 11) is 0. The zero-order chi connectivity index (χ0) is 12.7. The van der Waals surface area contributed by atoms with E-state index in [-0.39, 0.29) is 12.6 Å². The number of nitrogens with one attached hydrogen (secondary N) is 1. The summed E-state index contributed by atoms with van der Waals surface area (Å²) in [6, 6.07) is -0.285. The minimum Gasteiger partial charge on any atom is -0.479 e. The van der Waals surface area contributed by atoms with Gasteiger partial charge in [-0.25, -0.2) is 9.59 Å². The van der Waals surface area contributed by atoms with Gasteiger partial charge in [-0.05, 0) is 12.8 Å². The number of carbonyl (C=O) groups excluding carboxylic acids is 1. The Morgan fingerprint density at radius 1 is 1.12 bits per heavy atom. The second-order valence-electron chi connectivity index (χ2n) is 4.29. The lowest BCUT2D eigenvalue weighted by Crippen LogP contribution is -2.45. The number of amides is 2. The second kappa shape index (κ2) is 7.11. The van der Waals surface area contributed by atoms with Gasteiger partial charge in [0, 0.05) is 13.1 Å². The number of hydrogen-bond acceptors (Lipinski definition) is 3. The zero-order valence-corrected chi connectivity index (χ0v) is 9.89. The maximum atomic E-state index is 11.7. The number of nitrogens with zero attached hydrogens (tertiary/aromatic N) is 1. The van der Waals surface area contributed by atoms with E-state index in [1.165, 1.54) is 6.42 Å². The van der Waals surface area contributed by atoms with Crippen LogP contribution >= 0.6 is 0 Å². The topological polar surface area (TPSA) is 89.9 Å². The van der Waals surface area contributed by atoms with Crippen LogP contribution in [0.1, 0.15) is 32.1 Å². The highest BCUT2D eigenvalue weighted by Gasteiger charge is 2.18. The molecule has 1 fully saturated rings. The summed E-state index contributed by atoms with van der Waals surface area (Å²) in [4.78, 5) is 23.8. The van der Waals surface area contributed by atoms with Crippen LogP contribution in [0.3, 0.4) is 0 Å². The number of aliphatic hydroxyl groups is 1. The Labute approximate surface area is 101 Å². The summed E-state index contributed by atoms with van der Waals surface area (Å²) in [5, 5.41) is 20.0. The van der Waals surface area contributed by atoms with Crippen molar-refractivity contribution >= 4 is 12.0 Å². The van der Waals surface area contributed by atoms with E-state index in [0.717, 1.165) is 25.7 Å². The number of carboxylic acids is 1. The Bertz CT molecular complexity index is 262. The Balaban J connectivity index is 2.32. The Hall–Kier alpha value is -1.30. The first-order chi connectivity index (χ1) is 8.11. The molecule has 0 aliphatic carbocycles. The molecule has 6 nitrogen and oxygen atoms in total. The van der Waals surface area contributed by atoms with Gasteiger partial charge in [-0.2, -0.15) is 0 Å². The van der Waals surface area contributed by atoms with Crippen LogP contribution in [0.25, 0.3) is 0 Å². The van der Waals surface area contributed by atoms with Gasteiger partial charge in [0.2, 0.25) is 0 Å². The molecule has 0 radical (unpaired) electrons. The van der Waals surface area contributed by atoms with Crippen LogP contribution in [0.2, 0.25) is 0 Å². The van der Waals surface area contributed by atoms with Gasteiger partial charge < -0.3 is 20.4 Å². The van der Waals surface area contributed by atoms with Crippen LogP contribution in [0.5, 0.6) is 0 Å². The summed E-state index contributed by atoms with van der Waals surface area (Å²) in [6.45, 7) is 1.16. The molecular weight excluding hydrogens is 224 g/mol. The molecule has 1 atom stereocenters. The molecule has 1 heterocycles. The predicted molar refractivity (Wildman–Crippen MR) is 61.7 cm³/mol. The number of likely N-dealkylation sites (tertiary alicyclic amines) is 1. The molecule has 0 aromatic carbocycles. The van der Waals surface area contributed by atoms with E-state index in [0.29, 0.717) is 13.1 Å². The summed E-state index contributed by atoms with van der Waals surface area (Å²) in [6.07, 6.45) is 3.90. The lowest BCUT2D eigenvalue weighted by molar-refractivity contribution is -0.146. The van der Waals surface area contributed by atoms with E-state index in [2.05, 4.69) is 5.32 Å². The summed E-state index contributed by atoms with van der Waals surface area (Å²) in [5.74, 6) is -1.32. The van der Waals surface area contributed by atoms with E-state index in [4.69, 9.17) is 10.2 Å². The van der Waals surface area contributed by atoms with Crippen LogP contribution in [0, 0.1) is 0 Å². The van der Waals surface area contributed by atoms with Crippen LogP contribution in [-0.2, 0) is 4.79 Å². The van der Waals surface area contributed by atoms with Gasteiger partial charge >= 0.3 is 12.0 Å². The van der Waals surface area contributed by atoms with Gasteiger partial charge in [-0.3, -0.25) is 0 Å². The van der Waals surface area contributed by atoms with Gasteiger partial charge in [-0.1, -0.05) is 19.3 Å². The minimum absolute atomic E-state index is 0.245. The second-order valence-corrected chi connectivity index (χ2v) is 4.29. The fraction of sp³-hybridized carbons (Fsp3) is 0.818. The third-order valence-corrected chi connectivity index (χ3v) is 2.87. The van der Waals surface area contributed by atoms with E-state index in [1.807, 2.05) is 0 Å². The molecule has 0 bridgehead atoms. The summed E-state index contributed by atoms with van der Waals surface area (Å²) < 4.78 is 0. The molecular formula is C11H20N2O4. The van der Waals surface area contributed by atoms with Crippen molar-refractivity contribution in [3.63, 3.8) is 0 Å². The SMILES string of the molecule is O=C(O)[C@@H](O)CNC(=O)N1CCCCCCC1. The molecule has 0 aromatic rings. The first-order valence-corrected chi connectivity index (χ1v) is 6.05. The number of carbonyl (C=O) groups is 2. The lowest BCUT2D eigenvalue weighted by atomic mass is 10.1. The van der Waals surface area contributed by atoms with Gasteiger partial charge in [0.15, 0.2) is 6.10 Å². The molecule has 0 saturated carbocycles. The molecule has 1 aliphatic heterocycles. The van der Waals surface area contributed by atoms with Crippen molar-refractivity contribution in [3.05, 3.63) is 0 Å². The van der Waals surface area contributed by atoms with Gasteiger partial charge in [-0.15, -0.1) is 0 Å². The molecule has 3 N–H and O–H groups in total. The molecule has 1 aliphatic rings. The molecule has 2 amide bonds. The number of carboxylic acid groups (broad SMARTS) is 1. The smallest absolute Gasteiger partial charge is 0.334 e. The van der Waals surface area contributed by atoms with Crippen molar-refractivity contribution in [1.29, 1.82) is 0 Å². The van der Waals surface area contributed by atoms with Crippen molar-refractivity contribution in [2.45, 2.75) is 38.2 Å². The Morgan fingerprint density at radius 3 is 2.18 bits per heavy atom. The molecule has 1 rings (SSSR count). The van der Waals surface area contributed by atoms with Crippen molar-refractivity contribution in [2.75, 3.05) is 19.6 Å². The quantitative estimate of drug-likeness (QED) is 0.670. The third-order valence-electron chi connectivity index (χ3n) is 2.87. The van der Waals surface area contributed by atoms with E-state index >= 15 is 0 Å². The lowest BCUT2D eigenvalue weighted by Gasteiger charge is -2.25. The van der Waals surface area contributed by atoms with Crippen LogP contribution in [-0.4, -0.2) is 52.9 Å². The maximum absolute atomic E-state index is 11.7. The fourth-order valence-electron chi connectivity index (χ4n) is 1.83. The number of aliphatic carboxylic acids is 1. The predicted octanol–water partition coefficient (Wildman–Crippen LogP) is 0.408. The minimum atomic E-state index is -1.53. The first-order valence-electron chi connectivity index (χ1n) is 6.05. The number of rotatable bonds is 3. The number of aliphatic hydroxyl groups excluding tert-OH is 1. The zero-order valence-electron chi connectivity index (χ0n) is 9.89. The van der Waals surface area contributed by atoms with E-state index < -0.39 is 12.1 Å². The van der Waals surface area contributed by atoms with Gasteiger partial charge in [0.1, 0.15) is 0 Å². The molecule has 0 aromatic heterocycles. The average molecular weight is 244 g/mol. The van der Waals surface area contributed by atoms with E-state index in [9.17, 15) is 9.59 Å². The van der Waals surface area contributed by atoms with Crippen LogP contribution in [0.15, 0.2) is 0 Å². The van der Waals surface area contributed by atoms with Crippen molar-refractivity contribution < 1.29 is 19.8 Å². The van der Waals surface area contributed by atoms with Crippen LogP contribution < -0.4 is 5.32 Å². The monoisotopic (exact) mass is 244 g/mol. The maximum Gasteiger partial charge on any atom is 0.334 e. The van der Waals surface area contributed by atoms with Gasteiger partial charge in [0.25, 0.3) is 0 Å². The van der Waals surface area contributed by atoms with Crippen molar-refractivity contribution in [2.24, 2.45) is 0 Å². The molecule has 98 valence electrons. The normalized spacial score (nSPS) is 19.0. The first kappa shape index (κ1) is 13.8. The largest absolute Gasteiger partial charge is 0.479 e. The fourth-order valence-corrected chi connectivity index (χ4v) is 1.83. The summed E-state index contributed by atoms with van der Waals surface area (Å²) >= 11 is 0. The highest BCUT2D eigenvalue weighted by molar-refractivity contribution is 5.76. The highest BCUT2D eigenvalue weighted by Crippen LogP contribution is 2.10. The number of urea groups is 1. The van der Waals surface area contributed by atoms with E-state index in [1.54, 1.807) is 4.90 Å². The van der Waals surface area contributed by atoms with Gasteiger partial charge in [0.05, 0.1) is 6.54 Å². The number of hydrogen-bond donors (Lipinski definition) is 3. The Kier molecular flexibility index (Phi) is 5.76. The third kappa shape index (κ3) is 5.04. The van der Waals surface area contributed by atoms with Crippen LogP contribution in [0.4, 0.5) is 4.79 Å². The Morgan fingerprint density at radius 2 is 1.65 bits per heavy atom. The molecule has 17 heavy (non-hydrogen) atoms. The summed E-state index contributed by atoms with van der Waals surface area (Å²) in [5.41, 5.74) is 0. The molecule has 0 spiro atoms. The molecule has 6 heteroatoms. The highest BCUT2D eigenvalue weighted by atomic mass is 16.4. The van der Waals surface area contributed by atoms with Crippen molar-refractivity contribution in [1.82, 2.24) is 10.2 Å². The average Bonchev–Trinajstić information content (AvgIpc) is 2.24. The standard InChI is InChI=1S/C11H20N2O4/c14-9(10(15)16)8-12-11(17)13-6-4-2-1-3-5-7-13/h9,14H,1-8H2,(H,12,17)(H,15,16)/t9-/m0/s1. The molecule has 0 unspecified atom stereocenters.